The first-order valence-corrected chi connectivity index (χ1v) is 13.7. The average Bonchev–Trinajstić information content (AvgIpc) is 3.43. The summed E-state index contributed by atoms with van der Waals surface area (Å²) < 4.78 is 24.8. The van der Waals surface area contributed by atoms with Crippen molar-refractivity contribution in [3.05, 3.63) is 74.5 Å². The number of para-hydroxylation sites is 1. The monoisotopic (exact) mass is 555 g/mol. The van der Waals surface area contributed by atoms with Gasteiger partial charge >= 0.3 is 4.87 Å². The summed E-state index contributed by atoms with van der Waals surface area (Å²) >= 11 is 2.15. The lowest BCUT2D eigenvalue weighted by atomic mass is 9.82. The van der Waals surface area contributed by atoms with Gasteiger partial charge in [-0.05, 0) is 30.3 Å². The van der Waals surface area contributed by atoms with Gasteiger partial charge in [-0.2, -0.15) is 0 Å². The predicted octanol–water partition coefficient (Wildman–Crippen LogP) is 2.61. The Balaban J connectivity index is 1.36. The highest BCUT2D eigenvalue weighted by molar-refractivity contribution is 8.00. The maximum absolute atomic E-state index is 13.8. The number of aromatic amines is 1. The molecule has 0 bridgehead atoms. The number of halogens is 1. The number of benzene rings is 2. The third-order valence-electron chi connectivity index (χ3n) is 6.88. The number of anilines is 1. The SMILES string of the molecule is O=C(COc1ccccc1C1c2sc(=O)[nH]c2SC2C(=O)N(c3ccc(F)cc3)C(=O)C21)N1CCOCC1. The van der Waals surface area contributed by atoms with Crippen LogP contribution in [0.2, 0.25) is 0 Å². The number of hydrogen-bond donors (Lipinski definition) is 1. The van der Waals surface area contributed by atoms with Gasteiger partial charge in [0, 0.05) is 29.4 Å². The zero-order valence-electron chi connectivity index (χ0n) is 19.9. The highest BCUT2D eigenvalue weighted by Gasteiger charge is 2.56. The number of thioether (sulfide) groups is 1. The van der Waals surface area contributed by atoms with Crippen LogP contribution in [0.5, 0.6) is 5.75 Å². The summed E-state index contributed by atoms with van der Waals surface area (Å²) in [7, 11) is 0. The lowest BCUT2D eigenvalue weighted by Crippen LogP contribution is -2.43. The molecule has 38 heavy (non-hydrogen) atoms. The third-order valence-corrected chi connectivity index (χ3v) is 9.28. The quantitative estimate of drug-likeness (QED) is 0.482. The van der Waals surface area contributed by atoms with Crippen LogP contribution in [0, 0.1) is 11.7 Å². The Kier molecular flexibility index (Phi) is 6.54. The Labute approximate surface area is 224 Å². The van der Waals surface area contributed by atoms with E-state index >= 15 is 0 Å². The Morgan fingerprint density at radius 1 is 1.05 bits per heavy atom. The molecule has 3 aliphatic rings. The lowest BCUT2D eigenvalue weighted by Gasteiger charge is -2.31. The van der Waals surface area contributed by atoms with E-state index in [0.29, 0.717) is 47.5 Å². The standard InChI is InChI=1S/C26H22FN3O6S2/c27-14-5-7-15(8-6-14)30-24(32)20-19(21-23(28-26(34)38-21)37-22(20)25(30)33)16-3-1-2-4-17(16)36-13-18(31)29-9-11-35-12-10-29/h1-8,19-20,22H,9-13H2,(H,28,34). The molecule has 4 heterocycles. The van der Waals surface area contributed by atoms with E-state index in [-0.39, 0.29) is 23.1 Å². The molecule has 1 N–H and O–H groups in total. The van der Waals surface area contributed by atoms with E-state index in [1.807, 2.05) is 0 Å². The first kappa shape index (κ1) is 24.8. The van der Waals surface area contributed by atoms with Crippen LogP contribution < -0.4 is 14.5 Å². The van der Waals surface area contributed by atoms with Crippen molar-refractivity contribution in [2.45, 2.75) is 16.2 Å². The van der Waals surface area contributed by atoms with Crippen LogP contribution in [0.1, 0.15) is 16.4 Å². The Morgan fingerprint density at radius 3 is 2.55 bits per heavy atom. The number of carbonyl (C=O) groups is 3. The van der Waals surface area contributed by atoms with Crippen LogP contribution in [0.3, 0.4) is 0 Å². The van der Waals surface area contributed by atoms with Gasteiger partial charge < -0.3 is 19.4 Å². The Hall–Kier alpha value is -3.48. The molecule has 0 saturated carbocycles. The minimum atomic E-state index is -0.823. The van der Waals surface area contributed by atoms with E-state index in [0.717, 1.165) is 28.0 Å². The van der Waals surface area contributed by atoms with Gasteiger partial charge in [-0.25, -0.2) is 9.29 Å². The van der Waals surface area contributed by atoms with E-state index in [1.54, 1.807) is 29.2 Å². The molecule has 0 radical (unpaired) electrons. The number of thiazole rings is 1. The van der Waals surface area contributed by atoms with Gasteiger partial charge in [-0.1, -0.05) is 41.3 Å². The number of hydrogen-bond acceptors (Lipinski definition) is 8. The van der Waals surface area contributed by atoms with Crippen LogP contribution in [-0.2, 0) is 19.1 Å². The van der Waals surface area contributed by atoms with Gasteiger partial charge in [-0.3, -0.25) is 19.2 Å². The highest BCUT2D eigenvalue weighted by Crippen LogP contribution is 2.54. The molecule has 3 aliphatic heterocycles. The molecule has 0 aliphatic carbocycles. The van der Waals surface area contributed by atoms with Gasteiger partial charge in [-0.15, -0.1) is 0 Å². The number of imide groups is 1. The van der Waals surface area contributed by atoms with Gasteiger partial charge in [0.2, 0.25) is 11.8 Å². The molecule has 3 amide bonds. The minimum absolute atomic E-state index is 0.179. The summed E-state index contributed by atoms with van der Waals surface area (Å²) in [4.78, 5) is 58.3. The zero-order chi connectivity index (χ0) is 26.4. The van der Waals surface area contributed by atoms with Crippen molar-refractivity contribution in [2.75, 3.05) is 37.8 Å². The van der Waals surface area contributed by atoms with E-state index in [9.17, 15) is 23.6 Å². The number of fused-ring (bicyclic) bond motifs is 2. The second-order valence-corrected chi connectivity index (χ2v) is 11.2. The van der Waals surface area contributed by atoms with Gasteiger partial charge in [0.05, 0.1) is 29.8 Å². The first-order chi connectivity index (χ1) is 18.4. The number of rotatable bonds is 5. The Morgan fingerprint density at radius 2 is 1.79 bits per heavy atom. The molecule has 6 rings (SSSR count). The second kappa shape index (κ2) is 10.0. The highest BCUT2D eigenvalue weighted by atomic mass is 32.2. The number of amides is 3. The number of ether oxygens (including phenoxy) is 2. The van der Waals surface area contributed by atoms with Crippen LogP contribution >= 0.6 is 23.1 Å². The molecular weight excluding hydrogens is 533 g/mol. The van der Waals surface area contributed by atoms with Gasteiger partial charge in [0.15, 0.2) is 6.61 Å². The maximum Gasteiger partial charge on any atom is 0.305 e. The summed E-state index contributed by atoms with van der Waals surface area (Å²) in [6, 6.07) is 12.3. The topological polar surface area (TPSA) is 109 Å². The summed E-state index contributed by atoms with van der Waals surface area (Å²) in [6.45, 7) is 1.73. The van der Waals surface area contributed by atoms with Crippen molar-refractivity contribution in [1.29, 1.82) is 0 Å². The summed E-state index contributed by atoms with van der Waals surface area (Å²) in [5.74, 6) is -2.60. The van der Waals surface area contributed by atoms with Crippen LogP contribution in [0.4, 0.5) is 10.1 Å². The van der Waals surface area contributed by atoms with E-state index in [4.69, 9.17) is 9.47 Å². The number of H-pyrrole nitrogens is 1. The number of carbonyl (C=O) groups excluding carboxylic acids is 3. The van der Waals surface area contributed by atoms with Crippen molar-refractivity contribution < 1.29 is 28.2 Å². The number of morpholine rings is 1. The molecule has 3 aromatic rings. The molecule has 2 aromatic carbocycles. The summed E-state index contributed by atoms with van der Waals surface area (Å²) in [6.07, 6.45) is 0. The minimum Gasteiger partial charge on any atom is -0.483 e. The van der Waals surface area contributed by atoms with Crippen LogP contribution in [0.25, 0.3) is 0 Å². The fourth-order valence-electron chi connectivity index (χ4n) is 5.11. The average molecular weight is 556 g/mol. The fourth-order valence-corrected chi connectivity index (χ4v) is 7.62. The van der Waals surface area contributed by atoms with E-state index in [1.165, 1.54) is 24.3 Å². The predicted molar refractivity (Wildman–Crippen MR) is 138 cm³/mol. The molecule has 2 fully saturated rings. The summed E-state index contributed by atoms with van der Waals surface area (Å²) in [5.41, 5.74) is 0.892. The normalized spacial score (nSPS) is 22.8. The lowest BCUT2D eigenvalue weighted by molar-refractivity contribution is -0.137. The molecule has 1 aromatic heterocycles. The molecular formula is C26H22FN3O6S2. The molecule has 2 saturated heterocycles. The maximum atomic E-state index is 13.8. The Bertz CT molecular complexity index is 1470. The van der Waals surface area contributed by atoms with Crippen LogP contribution in [0.15, 0.2) is 58.4 Å². The van der Waals surface area contributed by atoms with E-state index < -0.39 is 34.7 Å². The van der Waals surface area contributed by atoms with Gasteiger partial charge in [0.25, 0.3) is 5.91 Å². The molecule has 3 unspecified atom stereocenters. The molecule has 0 spiro atoms. The number of aromatic nitrogens is 1. The first-order valence-electron chi connectivity index (χ1n) is 12.0. The molecule has 3 atom stereocenters. The molecule has 12 heteroatoms. The second-order valence-electron chi connectivity index (χ2n) is 9.06. The van der Waals surface area contributed by atoms with Crippen LogP contribution in [-0.4, -0.2) is 65.8 Å². The van der Waals surface area contributed by atoms with Crippen molar-refractivity contribution in [3.63, 3.8) is 0 Å². The van der Waals surface area contributed by atoms with E-state index in [2.05, 4.69) is 4.98 Å². The van der Waals surface area contributed by atoms with Gasteiger partial charge in [0.1, 0.15) is 16.8 Å². The fraction of sp³-hybridized carbons (Fsp3) is 0.308. The zero-order valence-corrected chi connectivity index (χ0v) is 21.6. The van der Waals surface area contributed by atoms with Crippen molar-refractivity contribution in [1.82, 2.24) is 9.88 Å². The molecule has 196 valence electrons. The van der Waals surface area contributed by atoms with Crippen molar-refractivity contribution >= 4 is 46.5 Å². The van der Waals surface area contributed by atoms with Crippen molar-refractivity contribution in [3.8, 4) is 5.75 Å². The smallest absolute Gasteiger partial charge is 0.305 e. The number of nitrogens with one attached hydrogen (secondary N) is 1. The summed E-state index contributed by atoms with van der Waals surface area (Å²) in [5, 5.41) is -0.258. The largest absolute Gasteiger partial charge is 0.483 e. The molecule has 9 nitrogen and oxygen atoms in total. The number of nitrogens with zero attached hydrogens (tertiary/aromatic N) is 2. The van der Waals surface area contributed by atoms with Crippen molar-refractivity contribution in [2.24, 2.45) is 5.92 Å². The third kappa shape index (κ3) is 4.32.